The number of rotatable bonds is 10. The van der Waals surface area contributed by atoms with Gasteiger partial charge in [-0.05, 0) is 31.6 Å². The number of ether oxygens (including phenoxy) is 1. The summed E-state index contributed by atoms with van der Waals surface area (Å²) < 4.78 is 30.0. The summed E-state index contributed by atoms with van der Waals surface area (Å²) in [4.78, 5) is 4.20. The summed E-state index contributed by atoms with van der Waals surface area (Å²) in [6.07, 6.45) is 7.22. The number of hydrogen-bond donors (Lipinski definition) is 3. The average molecular weight is 476 g/mol. The lowest BCUT2D eigenvalue weighted by Gasteiger charge is -2.30. The predicted molar refractivity (Wildman–Crippen MR) is 110 cm³/mol. The van der Waals surface area contributed by atoms with E-state index in [0.717, 1.165) is 32.4 Å². The van der Waals surface area contributed by atoms with Crippen LogP contribution in [-0.4, -0.2) is 60.5 Å². The van der Waals surface area contributed by atoms with Crippen molar-refractivity contribution in [2.24, 2.45) is 10.4 Å². The minimum Gasteiger partial charge on any atom is -0.382 e. The molecular formula is C15H33IN4O3S. The van der Waals surface area contributed by atoms with Gasteiger partial charge in [-0.25, -0.2) is 13.1 Å². The molecule has 0 spiro atoms. The zero-order valence-corrected chi connectivity index (χ0v) is 18.2. The number of hydrogen-bond acceptors (Lipinski definition) is 4. The number of sulfonamides is 1. The highest BCUT2D eigenvalue weighted by Gasteiger charge is 2.33. The zero-order valence-electron chi connectivity index (χ0n) is 15.1. The number of halogens is 1. The van der Waals surface area contributed by atoms with E-state index < -0.39 is 10.0 Å². The molecule has 7 nitrogen and oxygen atoms in total. The zero-order chi connectivity index (χ0) is 17.2. The van der Waals surface area contributed by atoms with E-state index >= 15 is 0 Å². The molecule has 0 aromatic rings. The quantitative estimate of drug-likeness (QED) is 0.191. The average Bonchev–Trinajstić information content (AvgIpc) is 2.95. The topological polar surface area (TPSA) is 91.8 Å². The molecule has 0 saturated heterocycles. The van der Waals surface area contributed by atoms with Gasteiger partial charge in [0.1, 0.15) is 0 Å². The van der Waals surface area contributed by atoms with E-state index in [0.29, 0.717) is 19.0 Å². The molecule has 1 saturated carbocycles. The van der Waals surface area contributed by atoms with E-state index in [1.54, 1.807) is 7.05 Å². The molecule has 0 unspecified atom stereocenters. The fourth-order valence-corrected chi connectivity index (χ4v) is 3.46. The van der Waals surface area contributed by atoms with Crippen LogP contribution in [0.1, 0.15) is 39.0 Å². The van der Waals surface area contributed by atoms with Crippen molar-refractivity contribution in [1.82, 2.24) is 15.4 Å². The van der Waals surface area contributed by atoms with Gasteiger partial charge in [-0.2, -0.15) is 0 Å². The van der Waals surface area contributed by atoms with Crippen LogP contribution in [-0.2, 0) is 14.8 Å². The Morgan fingerprint density at radius 2 is 1.88 bits per heavy atom. The van der Waals surface area contributed by atoms with Gasteiger partial charge in [0.2, 0.25) is 10.0 Å². The summed E-state index contributed by atoms with van der Waals surface area (Å²) in [6, 6.07) is 0. The molecule has 1 fully saturated rings. The van der Waals surface area contributed by atoms with E-state index in [1.165, 1.54) is 25.7 Å². The monoisotopic (exact) mass is 476 g/mol. The molecule has 0 aromatic carbocycles. The molecule has 24 heavy (non-hydrogen) atoms. The van der Waals surface area contributed by atoms with Crippen LogP contribution in [0.5, 0.6) is 0 Å². The maximum absolute atomic E-state index is 11.0. The highest BCUT2D eigenvalue weighted by Crippen LogP contribution is 2.40. The second-order valence-corrected chi connectivity index (χ2v) is 8.01. The largest absolute Gasteiger partial charge is 0.382 e. The van der Waals surface area contributed by atoms with E-state index in [2.05, 4.69) is 20.3 Å². The Hall–Kier alpha value is -0.130. The Labute approximate surface area is 163 Å². The number of guanidine groups is 1. The SMILES string of the molecule is CCOCCC1(CNC(=NC)NCCNS(C)(=O)=O)CCCC1.I. The van der Waals surface area contributed by atoms with Crippen LogP contribution in [0, 0.1) is 5.41 Å². The third-order valence-corrected chi connectivity index (χ3v) is 5.01. The number of nitrogens with zero attached hydrogens (tertiary/aromatic N) is 1. The summed E-state index contributed by atoms with van der Waals surface area (Å²) in [5.74, 6) is 0.711. The van der Waals surface area contributed by atoms with E-state index in [1.807, 2.05) is 6.92 Å². The summed E-state index contributed by atoms with van der Waals surface area (Å²) >= 11 is 0. The van der Waals surface area contributed by atoms with Crippen molar-refractivity contribution in [1.29, 1.82) is 0 Å². The van der Waals surface area contributed by atoms with Crippen LogP contribution in [0.4, 0.5) is 0 Å². The fraction of sp³-hybridized carbons (Fsp3) is 0.933. The first-order chi connectivity index (χ1) is 10.9. The fourth-order valence-electron chi connectivity index (χ4n) is 2.98. The van der Waals surface area contributed by atoms with Gasteiger partial charge in [0, 0.05) is 39.9 Å². The van der Waals surface area contributed by atoms with Gasteiger partial charge < -0.3 is 15.4 Å². The molecule has 1 aliphatic rings. The van der Waals surface area contributed by atoms with E-state index in [4.69, 9.17) is 4.74 Å². The van der Waals surface area contributed by atoms with Crippen LogP contribution in [0.25, 0.3) is 0 Å². The van der Waals surface area contributed by atoms with Crippen LogP contribution >= 0.6 is 24.0 Å². The van der Waals surface area contributed by atoms with Gasteiger partial charge in [0.05, 0.1) is 6.26 Å². The molecule has 0 amide bonds. The molecule has 3 N–H and O–H groups in total. The van der Waals surface area contributed by atoms with Crippen molar-refractivity contribution >= 4 is 40.0 Å². The molecule has 1 rings (SSSR count). The molecule has 0 aromatic heterocycles. The Bertz CT molecular complexity index is 465. The number of aliphatic imine (C=N–C) groups is 1. The van der Waals surface area contributed by atoms with Gasteiger partial charge in [0.15, 0.2) is 5.96 Å². The van der Waals surface area contributed by atoms with Gasteiger partial charge in [-0.15, -0.1) is 24.0 Å². The van der Waals surface area contributed by atoms with Crippen LogP contribution in [0.2, 0.25) is 0 Å². The minimum atomic E-state index is -3.14. The Balaban J connectivity index is 0.00000529. The van der Waals surface area contributed by atoms with E-state index in [9.17, 15) is 8.42 Å². The first-order valence-electron chi connectivity index (χ1n) is 8.38. The van der Waals surface area contributed by atoms with Crippen molar-refractivity contribution in [3.05, 3.63) is 0 Å². The van der Waals surface area contributed by atoms with Crippen molar-refractivity contribution in [3.8, 4) is 0 Å². The maximum Gasteiger partial charge on any atom is 0.208 e. The molecule has 0 radical (unpaired) electrons. The summed E-state index contributed by atoms with van der Waals surface area (Å²) in [5.41, 5.74) is 0.289. The van der Waals surface area contributed by atoms with Crippen LogP contribution in [0.15, 0.2) is 4.99 Å². The summed E-state index contributed by atoms with van der Waals surface area (Å²) in [5, 5.41) is 6.51. The summed E-state index contributed by atoms with van der Waals surface area (Å²) in [7, 11) is -1.42. The molecule has 1 aliphatic carbocycles. The Morgan fingerprint density at radius 3 is 2.42 bits per heavy atom. The maximum atomic E-state index is 11.0. The smallest absolute Gasteiger partial charge is 0.208 e. The highest BCUT2D eigenvalue weighted by atomic mass is 127. The van der Waals surface area contributed by atoms with Crippen molar-refractivity contribution in [2.45, 2.75) is 39.0 Å². The first kappa shape index (κ1) is 23.9. The molecule has 144 valence electrons. The van der Waals surface area contributed by atoms with E-state index in [-0.39, 0.29) is 29.4 Å². The van der Waals surface area contributed by atoms with Crippen molar-refractivity contribution in [2.75, 3.05) is 46.2 Å². The number of nitrogens with one attached hydrogen (secondary N) is 3. The van der Waals surface area contributed by atoms with Gasteiger partial charge in [-0.3, -0.25) is 4.99 Å². The van der Waals surface area contributed by atoms with Crippen molar-refractivity contribution in [3.63, 3.8) is 0 Å². The highest BCUT2D eigenvalue weighted by molar-refractivity contribution is 14.0. The standard InChI is InChI=1S/C15H32N4O3S.HI/c1-4-22-12-9-15(7-5-6-8-15)13-18-14(16-2)17-10-11-19-23(3,20)21;/h19H,4-13H2,1-3H3,(H2,16,17,18);1H. The normalized spacial score (nSPS) is 17.4. The molecule has 0 atom stereocenters. The third-order valence-electron chi connectivity index (χ3n) is 4.28. The lowest BCUT2D eigenvalue weighted by Crippen LogP contribution is -2.45. The molecular weight excluding hydrogens is 443 g/mol. The van der Waals surface area contributed by atoms with Gasteiger partial charge in [-0.1, -0.05) is 12.8 Å². The Morgan fingerprint density at radius 1 is 1.21 bits per heavy atom. The predicted octanol–water partition coefficient (Wildman–Crippen LogP) is 1.31. The molecule has 0 bridgehead atoms. The second kappa shape index (κ2) is 12.3. The Kier molecular flexibility index (Phi) is 12.2. The lowest BCUT2D eigenvalue weighted by molar-refractivity contribution is 0.105. The third kappa shape index (κ3) is 10.00. The molecule has 0 heterocycles. The summed E-state index contributed by atoms with van der Waals surface area (Å²) in [6.45, 7) is 5.31. The molecule has 9 heteroatoms. The minimum absolute atomic E-state index is 0. The first-order valence-corrected chi connectivity index (χ1v) is 10.3. The lowest BCUT2D eigenvalue weighted by atomic mass is 9.83. The van der Waals surface area contributed by atoms with Gasteiger partial charge in [0.25, 0.3) is 0 Å². The molecule has 0 aliphatic heterocycles. The van der Waals surface area contributed by atoms with Crippen molar-refractivity contribution < 1.29 is 13.2 Å². The van der Waals surface area contributed by atoms with Gasteiger partial charge >= 0.3 is 0 Å². The van der Waals surface area contributed by atoms with Crippen LogP contribution < -0.4 is 15.4 Å². The second-order valence-electron chi connectivity index (χ2n) is 6.17. The van der Waals surface area contributed by atoms with Crippen LogP contribution in [0.3, 0.4) is 0 Å².